The Hall–Kier alpha value is -0.660. The fourth-order valence-electron chi connectivity index (χ4n) is 1.87. The van der Waals surface area contributed by atoms with Gasteiger partial charge < -0.3 is 9.84 Å². The number of carboxylic acids is 1. The maximum atomic E-state index is 12.0. The first-order valence-electron chi connectivity index (χ1n) is 5.55. The molecule has 6 nitrogen and oxygen atoms in total. The molecule has 1 rings (SSSR count). The molecule has 0 aliphatic carbocycles. The summed E-state index contributed by atoms with van der Waals surface area (Å²) in [5, 5.41) is 8.22. The van der Waals surface area contributed by atoms with Gasteiger partial charge in [-0.2, -0.15) is 0 Å². The Balaban J connectivity index is 2.67. The molecule has 2 N–H and O–H groups in total. The lowest BCUT2D eigenvalue weighted by Crippen LogP contribution is -2.49. The molecule has 0 aromatic heterocycles. The molecular weight excluding hydrogens is 246 g/mol. The van der Waals surface area contributed by atoms with Crippen LogP contribution in [0.3, 0.4) is 0 Å². The van der Waals surface area contributed by atoms with E-state index in [1.807, 2.05) is 0 Å². The third-order valence-corrected chi connectivity index (χ3v) is 4.81. The Labute approximate surface area is 101 Å². The van der Waals surface area contributed by atoms with Gasteiger partial charge >= 0.3 is 5.97 Å². The number of carbonyl (C=O) groups is 1. The number of rotatable bonds is 5. The quantitative estimate of drug-likeness (QED) is 0.747. The van der Waals surface area contributed by atoms with Crippen molar-refractivity contribution in [2.45, 2.75) is 43.9 Å². The molecule has 7 heteroatoms. The van der Waals surface area contributed by atoms with Crippen molar-refractivity contribution in [1.29, 1.82) is 0 Å². The van der Waals surface area contributed by atoms with Gasteiger partial charge in [0, 0.05) is 18.8 Å². The van der Waals surface area contributed by atoms with Crippen LogP contribution in [0.2, 0.25) is 0 Å². The van der Waals surface area contributed by atoms with Crippen LogP contribution in [-0.2, 0) is 19.6 Å². The second-order valence-corrected chi connectivity index (χ2v) is 6.87. The summed E-state index contributed by atoms with van der Waals surface area (Å²) < 4.78 is 31.6. The van der Waals surface area contributed by atoms with Gasteiger partial charge in [0.15, 0.2) is 0 Å². The van der Waals surface area contributed by atoms with Crippen LogP contribution in [0, 0.1) is 0 Å². The van der Waals surface area contributed by atoms with Crippen LogP contribution in [0.15, 0.2) is 0 Å². The van der Waals surface area contributed by atoms with E-state index in [-0.39, 0.29) is 6.42 Å². The first-order chi connectivity index (χ1) is 7.73. The van der Waals surface area contributed by atoms with Crippen LogP contribution in [0.25, 0.3) is 0 Å². The predicted molar refractivity (Wildman–Crippen MR) is 62.2 cm³/mol. The van der Waals surface area contributed by atoms with Crippen LogP contribution in [-0.4, -0.2) is 43.5 Å². The van der Waals surface area contributed by atoms with Crippen molar-refractivity contribution in [3.05, 3.63) is 0 Å². The first kappa shape index (κ1) is 14.4. The van der Waals surface area contributed by atoms with Gasteiger partial charge in [0.2, 0.25) is 10.0 Å². The minimum Gasteiger partial charge on any atom is -0.481 e. The standard InChI is InChI=1S/C10H19NO5S/c1-10(2,7-9(12)13)11-17(14,15)8-3-5-16-6-4-8/h8,11H,3-7H2,1-2H3,(H,12,13). The summed E-state index contributed by atoms with van der Waals surface area (Å²) in [6, 6.07) is 0. The third-order valence-electron chi connectivity index (χ3n) is 2.62. The first-order valence-corrected chi connectivity index (χ1v) is 7.10. The Kier molecular flexibility index (Phi) is 4.51. The highest BCUT2D eigenvalue weighted by Crippen LogP contribution is 2.18. The van der Waals surface area contributed by atoms with Crippen molar-refractivity contribution in [2.24, 2.45) is 0 Å². The lowest BCUT2D eigenvalue weighted by molar-refractivity contribution is -0.138. The van der Waals surface area contributed by atoms with Crippen LogP contribution >= 0.6 is 0 Å². The van der Waals surface area contributed by atoms with Crippen LogP contribution in [0.1, 0.15) is 33.1 Å². The number of carboxylic acid groups (broad SMARTS) is 1. The van der Waals surface area contributed by atoms with Crippen molar-refractivity contribution < 1.29 is 23.1 Å². The number of hydrogen-bond acceptors (Lipinski definition) is 4. The number of aliphatic carboxylic acids is 1. The molecule has 0 radical (unpaired) electrons. The minimum absolute atomic E-state index is 0.241. The molecule has 0 spiro atoms. The highest BCUT2D eigenvalue weighted by molar-refractivity contribution is 7.90. The summed E-state index contributed by atoms with van der Waals surface area (Å²) in [4.78, 5) is 10.6. The molecule has 0 aromatic carbocycles. The van der Waals surface area contributed by atoms with E-state index in [1.54, 1.807) is 13.8 Å². The summed E-state index contributed by atoms with van der Waals surface area (Å²) in [6.07, 6.45) is 0.673. The summed E-state index contributed by atoms with van der Waals surface area (Å²) in [5.41, 5.74) is -0.969. The normalized spacial score (nSPS) is 19.2. The monoisotopic (exact) mass is 265 g/mol. The lowest BCUT2D eigenvalue weighted by atomic mass is 10.0. The predicted octanol–water partition coefficient (Wildman–Crippen LogP) is 0.338. The van der Waals surface area contributed by atoms with E-state index in [1.165, 1.54) is 0 Å². The van der Waals surface area contributed by atoms with E-state index in [2.05, 4.69) is 4.72 Å². The van der Waals surface area contributed by atoms with Crippen LogP contribution in [0.4, 0.5) is 0 Å². The molecule has 1 aliphatic rings. The van der Waals surface area contributed by atoms with Crippen molar-refractivity contribution in [1.82, 2.24) is 4.72 Å². The molecule has 0 aromatic rings. The highest BCUT2D eigenvalue weighted by atomic mass is 32.2. The number of ether oxygens (including phenoxy) is 1. The maximum absolute atomic E-state index is 12.0. The SMILES string of the molecule is CC(C)(CC(=O)O)NS(=O)(=O)C1CCOCC1. The topological polar surface area (TPSA) is 92.7 Å². The van der Waals surface area contributed by atoms with Gasteiger partial charge in [-0.15, -0.1) is 0 Å². The van der Waals surface area contributed by atoms with Crippen LogP contribution in [0.5, 0.6) is 0 Å². The number of nitrogens with one attached hydrogen (secondary N) is 1. The lowest BCUT2D eigenvalue weighted by Gasteiger charge is -2.29. The zero-order valence-electron chi connectivity index (χ0n) is 10.1. The molecule has 17 heavy (non-hydrogen) atoms. The average molecular weight is 265 g/mol. The van der Waals surface area contributed by atoms with Crippen molar-refractivity contribution in [2.75, 3.05) is 13.2 Å². The Bertz CT molecular complexity index is 370. The summed E-state index contributed by atoms with van der Waals surface area (Å²) >= 11 is 0. The highest BCUT2D eigenvalue weighted by Gasteiger charge is 2.33. The van der Waals surface area contributed by atoms with Gasteiger partial charge in [-0.3, -0.25) is 4.79 Å². The van der Waals surface area contributed by atoms with E-state index in [4.69, 9.17) is 9.84 Å². The van der Waals surface area contributed by atoms with Gasteiger partial charge in [-0.05, 0) is 26.7 Å². The number of hydrogen-bond donors (Lipinski definition) is 2. The smallest absolute Gasteiger partial charge is 0.305 e. The van der Waals surface area contributed by atoms with E-state index >= 15 is 0 Å². The second kappa shape index (κ2) is 5.32. The molecule has 1 aliphatic heterocycles. The summed E-state index contributed by atoms with van der Waals surface area (Å²) in [5.74, 6) is -1.02. The zero-order valence-corrected chi connectivity index (χ0v) is 10.9. The largest absolute Gasteiger partial charge is 0.481 e. The summed E-state index contributed by atoms with van der Waals surface area (Å²) in [7, 11) is -3.48. The van der Waals surface area contributed by atoms with Gasteiger partial charge in [0.25, 0.3) is 0 Å². The fraction of sp³-hybridized carbons (Fsp3) is 0.900. The van der Waals surface area contributed by atoms with Gasteiger partial charge in [-0.25, -0.2) is 13.1 Å². The van der Waals surface area contributed by atoms with Crippen LogP contribution < -0.4 is 4.72 Å². The molecule has 0 bridgehead atoms. The van der Waals surface area contributed by atoms with Gasteiger partial charge in [0.05, 0.1) is 11.7 Å². The molecule has 1 saturated heterocycles. The van der Waals surface area contributed by atoms with Crippen molar-refractivity contribution >= 4 is 16.0 Å². The average Bonchev–Trinajstić information content (AvgIpc) is 2.15. The van der Waals surface area contributed by atoms with E-state index < -0.39 is 26.8 Å². The molecule has 0 saturated carbocycles. The second-order valence-electron chi connectivity index (χ2n) is 4.91. The van der Waals surface area contributed by atoms with E-state index in [0.717, 1.165) is 0 Å². The molecule has 0 unspecified atom stereocenters. The van der Waals surface area contributed by atoms with Gasteiger partial charge in [-0.1, -0.05) is 0 Å². The Morgan fingerprint density at radius 3 is 2.41 bits per heavy atom. The molecular formula is C10H19NO5S. The molecule has 1 fully saturated rings. The van der Waals surface area contributed by atoms with E-state index in [0.29, 0.717) is 26.1 Å². The molecule has 100 valence electrons. The van der Waals surface area contributed by atoms with Gasteiger partial charge in [0.1, 0.15) is 0 Å². The zero-order chi connectivity index (χ0) is 13.1. The summed E-state index contributed by atoms with van der Waals surface area (Å²) in [6.45, 7) is 4.01. The Morgan fingerprint density at radius 2 is 1.94 bits per heavy atom. The fourth-order valence-corrected chi connectivity index (χ4v) is 3.69. The molecule has 0 atom stereocenters. The molecule has 1 heterocycles. The van der Waals surface area contributed by atoms with Crippen molar-refractivity contribution in [3.8, 4) is 0 Å². The Morgan fingerprint density at radius 1 is 1.41 bits per heavy atom. The number of sulfonamides is 1. The van der Waals surface area contributed by atoms with E-state index in [9.17, 15) is 13.2 Å². The van der Waals surface area contributed by atoms with Crippen molar-refractivity contribution in [3.63, 3.8) is 0 Å². The molecule has 0 amide bonds. The maximum Gasteiger partial charge on any atom is 0.305 e. The minimum atomic E-state index is -3.48. The third kappa shape index (κ3) is 4.61.